The second kappa shape index (κ2) is 9.26. The zero-order valence-electron chi connectivity index (χ0n) is 16.2. The van der Waals surface area contributed by atoms with Gasteiger partial charge in [0.2, 0.25) is 5.88 Å². The number of aromatic nitrogens is 1. The van der Waals surface area contributed by atoms with E-state index in [-0.39, 0.29) is 12.2 Å². The van der Waals surface area contributed by atoms with E-state index in [1.54, 1.807) is 0 Å². The van der Waals surface area contributed by atoms with Gasteiger partial charge in [-0.2, -0.15) is 0 Å². The van der Waals surface area contributed by atoms with Crippen molar-refractivity contribution in [3.05, 3.63) is 53.7 Å². The van der Waals surface area contributed by atoms with Gasteiger partial charge in [0.15, 0.2) is 5.96 Å². The number of para-hydroxylation sites is 1. The van der Waals surface area contributed by atoms with Crippen molar-refractivity contribution < 1.29 is 9.47 Å². The molecule has 1 aromatic carbocycles. The summed E-state index contributed by atoms with van der Waals surface area (Å²) in [4.78, 5) is 8.96. The van der Waals surface area contributed by atoms with E-state index in [0.717, 1.165) is 30.2 Å². The fraction of sp³-hybridized carbons (Fsp3) is 0.429. The maximum atomic E-state index is 5.97. The summed E-state index contributed by atoms with van der Waals surface area (Å²) in [6.07, 6.45) is 2.97. The molecule has 1 aliphatic rings. The minimum atomic E-state index is 0.120. The highest BCUT2D eigenvalue weighted by molar-refractivity contribution is 5.79. The number of benzene rings is 1. The zero-order valence-corrected chi connectivity index (χ0v) is 16.2. The molecule has 1 unspecified atom stereocenters. The van der Waals surface area contributed by atoms with Crippen molar-refractivity contribution in [1.82, 2.24) is 15.6 Å². The van der Waals surface area contributed by atoms with Gasteiger partial charge in [-0.25, -0.2) is 9.98 Å². The second-order valence-corrected chi connectivity index (χ2v) is 6.80. The lowest BCUT2D eigenvalue weighted by Gasteiger charge is -2.15. The lowest BCUT2D eigenvalue weighted by atomic mass is 10.1. The third kappa shape index (κ3) is 5.61. The zero-order chi connectivity index (χ0) is 19.1. The number of pyridine rings is 1. The quantitative estimate of drug-likeness (QED) is 0.581. The third-order valence-electron chi connectivity index (χ3n) is 4.13. The van der Waals surface area contributed by atoms with E-state index in [1.807, 2.05) is 44.3 Å². The van der Waals surface area contributed by atoms with Crippen LogP contribution >= 0.6 is 0 Å². The highest BCUT2D eigenvalue weighted by Crippen LogP contribution is 2.27. The van der Waals surface area contributed by atoms with Gasteiger partial charge in [0, 0.05) is 25.2 Å². The summed E-state index contributed by atoms with van der Waals surface area (Å²) < 4.78 is 11.5. The summed E-state index contributed by atoms with van der Waals surface area (Å²) >= 11 is 0. The molecule has 144 valence electrons. The van der Waals surface area contributed by atoms with Gasteiger partial charge in [0.1, 0.15) is 11.9 Å². The molecule has 3 rings (SSSR count). The van der Waals surface area contributed by atoms with E-state index in [1.165, 1.54) is 5.56 Å². The molecule has 2 N–H and O–H groups in total. The molecule has 1 atom stereocenters. The van der Waals surface area contributed by atoms with E-state index in [4.69, 9.17) is 9.47 Å². The lowest BCUT2D eigenvalue weighted by molar-refractivity contribution is 0.232. The number of hydrogen-bond acceptors (Lipinski definition) is 4. The van der Waals surface area contributed by atoms with Crippen molar-refractivity contribution >= 4 is 5.96 Å². The predicted octanol–water partition coefficient (Wildman–Crippen LogP) is 2.93. The molecule has 2 aromatic rings. The first-order valence-electron chi connectivity index (χ1n) is 9.52. The van der Waals surface area contributed by atoms with Crippen LogP contribution in [-0.4, -0.2) is 36.2 Å². The van der Waals surface area contributed by atoms with Crippen LogP contribution < -0.4 is 20.1 Å². The molecule has 27 heavy (non-hydrogen) atoms. The van der Waals surface area contributed by atoms with E-state index in [2.05, 4.69) is 39.7 Å². The Morgan fingerprint density at radius 1 is 1.26 bits per heavy atom. The third-order valence-corrected chi connectivity index (χ3v) is 4.13. The lowest BCUT2D eigenvalue weighted by Crippen LogP contribution is -2.42. The highest BCUT2D eigenvalue weighted by Gasteiger charge is 2.22. The Morgan fingerprint density at radius 3 is 2.81 bits per heavy atom. The van der Waals surface area contributed by atoms with E-state index < -0.39 is 0 Å². The summed E-state index contributed by atoms with van der Waals surface area (Å²) in [5.41, 5.74) is 2.30. The number of fused-ring (bicyclic) bond motifs is 1. The SMILES string of the molecule is CCNC(=NCc1ccc(OC(C)C)nc1)NCC1Cc2ccccc2O1. The van der Waals surface area contributed by atoms with Crippen LogP contribution in [0.15, 0.2) is 47.6 Å². The van der Waals surface area contributed by atoms with Crippen LogP contribution in [0.5, 0.6) is 11.6 Å². The summed E-state index contributed by atoms with van der Waals surface area (Å²) in [5.74, 6) is 2.40. The standard InChI is InChI=1S/C21H28N4O2/c1-4-22-21(24-13-16-9-10-20(23-12-16)26-15(2)3)25-14-18-11-17-7-5-6-8-19(17)27-18/h5-10,12,15,18H,4,11,13-14H2,1-3H3,(H2,22,24,25). The molecular weight excluding hydrogens is 340 g/mol. The average Bonchev–Trinajstić information content (AvgIpc) is 3.08. The van der Waals surface area contributed by atoms with Crippen molar-refractivity contribution in [3.63, 3.8) is 0 Å². The normalized spacial score (nSPS) is 16.0. The van der Waals surface area contributed by atoms with Gasteiger partial charge in [-0.3, -0.25) is 0 Å². The van der Waals surface area contributed by atoms with Crippen LogP contribution in [-0.2, 0) is 13.0 Å². The molecule has 0 amide bonds. The number of nitrogens with zero attached hydrogens (tertiary/aromatic N) is 2. The fourth-order valence-corrected chi connectivity index (χ4v) is 2.91. The molecule has 6 heteroatoms. The molecule has 0 aliphatic carbocycles. The molecule has 1 aromatic heterocycles. The summed E-state index contributed by atoms with van der Waals surface area (Å²) in [6.45, 7) is 8.09. The van der Waals surface area contributed by atoms with Gasteiger partial charge in [-0.1, -0.05) is 24.3 Å². The number of guanidine groups is 1. The van der Waals surface area contributed by atoms with Crippen LogP contribution in [0.25, 0.3) is 0 Å². The molecule has 0 spiro atoms. The van der Waals surface area contributed by atoms with Crippen LogP contribution in [0.3, 0.4) is 0 Å². The van der Waals surface area contributed by atoms with Crippen molar-refractivity contribution in [3.8, 4) is 11.6 Å². The first-order chi connectivity index (χ1) is 13.1. The van der Waals surface area contributed by atoms with Gasteiger partial charge in [0.05, 0.1) is 19.2 Å². The average molecular weight is 368 g/mol. The number of nitrogens with one attached hydrogen (secondary N) is 2. The Balaban J connectivity index is 1.52. The smallest absolute Gasteiger partial charge is 0.213 e. The highest BCUT2D eigenvalue weighted by atomic mass is 16.5. The van der Waals surface area contributed by atoms with Gasteiger partial charge in [-0.15, -0.1) is 0 Å². The maximum Gasteiger partial charge on any atom is 0.213 e. The molecule has 6 nitrogen and oxygen atoms in total. The number of ether oxygens (including phenoxy) is 2. The number of aliphatic imine (C=N–C) groups is 1. The molecule has 0 fully saturated rings. The van der Waals surface area contributed by atoms with Gasteiger partial charge >= 0.3 is 0 Å². The molecule has 2 heterocycles. The molecule has 0 saturated carbocycles. The number of rotatable bonds is 7. The van der Waals surface area contributed by atoms with Gasteiger partial charge < -0.3 is 20.1 Å². The fourth-order valence-electron chi connectivity index (χ4n) is 2.91. The molecular formula is C21H28N4O2. The van der Waals surface area contributed by atoms with E-state index in [9.17, 15) is 0 Å². The molecule has 0 saturated heterocycles. The second-order valence-electron chi connectivity index (χ2n) is 6.80. The summed E-state index contributed by atoms with van der Waals surface area (Å²) in [5, 5.41) is 6.65. The number of hydrogen-bond donors (Lipinski definition) is 2. The van der Waals surface area contributed by atoms with Crippen LogP contribution in [0.4, 0.5) is 0 Å². The topological polar surface area (TPSA) is 67.8 Å². The van der Waals surface area contributed by atoms with Gasteiger partial charge in [-0.05, 0) is 38.0 Å². The maximum absolute atomic E-state index is 5.97. The first-order valence-corrected chi connectivity index (χ1v) is 9.52. The van der Waals surface area contributed by atoms with Crippen molar-refractivity contribution in [2.75, 3.05) is 13.1 Å². The minimum absolute atomic E-state index is 0.120. The Morgan fingerprint density at radius 2 is 2.11 bits per heavy atom. The summed E-state index contributed by atoms with van der Waals surface area (Å²) in [6, 6.07) is 12.1. The van der Waals surface area contributed by atoms with E-state index >= 15 is 0 Å². The Bertz CT molecular complexity index is 734. The predicted molar refractivity (Wildman–Crippen MR) is 107 cm³/mol. The Hall–Kier alpha value is -2.76. The van der Waals surface area contributed by atoms with Crippen LogP contribution in [0, 0.1) is 0 Å². The Kier molecular flexibility index (Phi) is 6.52. The van der Waals surface area contributed by atoms with Gasteiger partial charge in [0.25, 0.3) is 0 Å². The molecule has 0 bridgehead atoms. The minimum Gasteiger partial charge on any atom is -0.488 e. The largest absolute Gasteiger partial charge is 0.488 e. The summed E-state index contributed by atoms with van der Waals surface area (Å²) in [7, 11) is 0. The van der Waals surface area contributed by atoms with Crippen LogP contribution in [0.2, 0.25) is 0 Å². The van der Waals surface area contributed by atoms with Crippen molar-refractivity contribution in [1.29, 1.82) is 0 Å². The van der Waals surface area contributed by atoms with Crippen molar-refractivity contribution in [2.45, 2.75) is 45.9 Å². The Labute approximate surface area is 161 Å². The monoisotopic (exact) mass is 368 g/mol. The van der Waals surface area contributed by atoms with Crippen LogP contribution in [0.1, 0.15) is 31.9 Å². The first kappa shape index (κ1) is 19.0. The molecule has 1 aliphatic heterocycles. The van der Waals surface area contributed by atoms with E-state index in [0.29, 0.717) is 19.0 Å². The molecule has 0 radical (unpaired) electrons. The van der Waals surface area contributed by atoms with Crippen molar-refractivity contribution in [2.24, 2.45) is 4.99 Å².